The van der Waals surface area contributed by atoms with E-state index in [1.807, 2.05) is 0 Å². The van der Waals surface area contributed by atoms with E-state index in [0.717, 1.165) is 13.0 Å². The van der Waals surface area contributed by atoms with Crippen molar-refractivity contribution in [1.29, 1.82) is 0 Å². The van der Waals surface area contributed by atoms with Crippen molar-refractivity contribution in [2.75, 3.05) is 0 Å². The molecule has 0 aliphatic heterocycles. The fraction of sp³-hybridized carbons (Fsp3) is 0.400. The van der Waals surface area contributed by atoms with Crippen LogP contribution in [0.25, 0.3) is 0 Å². The minimum absolute atomic E-state index is 0.142. The largest absolute Gasteiger partial charge is 0.387 e. The zero-order chi connectivity index (χ0) is 10.9. The average Bonchev–Trinajstić information content (AvgIpc) is 2.09. The van der Waals surface area contributed by atoms with Crippen LogP contribution in [0.4, 0.5) is 13.2 Å². The van der Waals surface area contributed by atoms with Gasteiger partial charge in [0.2, 0.25) is 0 Å². The molecule has 0 fully saturated rings. The summed E-state index contributed by atoms with van der Waals surface area (Å²) in [6.07, 6.45) is -1.90. The Morgan fingerprint density at radius 3 is 2.43 bits per heavy atom. The molecule has 0 amide bonds. The lowest BCUT2D eigenvalue weighted by atomic mass is 10.0. The molecule has 0 aliphatic rings. The van der Waals surface area contributed by atoms with Gasteiger partial charge in [-0.25, -0.2) is 4.39 Å². The maximum Gasteiger partial charge on any atom is 0.301 e. The molecule has 0 spiro atoms. The summed E-state index contributed by atoms with van der Waals surface area (Å²) in [5.74, 6) is -4.51. The van der Waals surface area contributed by atoms with Crippen LogP contribution in [0.5, 0.6) is 0 Å². The number of benzene rings is 1. The molecule has 1 rings (SSSR count). The Hall–Kier alpha value is -1.03. The van der Waals surface area contributed by atoms with Crippen LogP contribution in [0.2, 0.25) is 0 Å². The van der Waals surface area contributed by atoms with Crippen LogP contribution in [0.1, 0.15) is 18.1 Å². The summed E-state index contributed by atoms with van der Waals surface area (Å²) in [6, 6.07) is 3.72. The number of aliphatic hydroxyl groups is 1. The molecular weight excluding hydrogens is 193 g/mol. The van der Waals surface area contributed by atoms with Crippen molar-refractivity contribution in [2.24, 2.45) is 0 Å². The van der Waals surface area contributed by atoms with Crippen LogP contribution in [0, 0.1) is 12.7 Å². The minimum Gasteiger partial charge on any atom is -0.387 e. The second-order valence-electron chi connectivity index (χ2n) is 3.24. The first-order chi connectivity index (χ1) is 6.37. The Morgan fingerprint density at radius 2 is 1.93 bits per heavy atom. The Balaban J connectivity index is 3.26. The third-order valence-corrected chi connectivity index (χ3v) is 2.08. The third-order valence-electron chi connectivity index (χ3n) is 2.08. The zero-order valence-electron chi connectivity index (χ0n) is 7.89. The molecule has 0 saturated heterocycles. The van der Waals surface area contributed by atoms with Crippen LogP contribution in [-0.4, -0.2) is 11.2 Å². The average molecular weight is 204 g/mol. The number of hydrogen-bond donors (Lipinski definition) is 1. The maximum absolute atomic E-state index is 13.3. The van der Waals surface area contributed by atoms with E-state index in [9.17, 15) is 13.2 Å². The number of aryl methyl sites for hydroxylation is 1. The van der Waals surface area contributed by atoms with Crippen molar-refractivity contribution >= 4 is 0 Å². The molecular formula is C10H11F3O. The van der Waals surface area contributed by atoms with Gasteiger partial charge in [-0.15, -0.1) is 0 Å². The van der Waals surface area contributed by atoms with Crippen LogP contribution in [0.15, 0.2) is 18.2 Å². The summed E-state index contributed by atoms with van der Waals surface area (Å²) in [5, 5.41) is 8.83. The molecule has 0 saturated carbocycles. The predicted molar refractivity (Wildman–Crippen MR) is 46.7 cm³/mol. The number of rotatable bonds is 2. The molecule has 1 N–H and O–H groups in total. The molecule has 0 radical (unpaired) electrons. The van der Waals surface area contributed by atoms with Gasteiger partial charge in [0.25, 0.3) is 0 Å². The lowest BCUT2D eigenvalue weighted by molar-refractivity contribution is -0.108. The summed E-state index contributed by atoms with van der Waals surface area (Å²) in [5.41, 5.74) is -0.615. The van der Waals surface area contributed by atoms with Crippen LogP contribution in [0.3, 0.4) is 0 Å². The molecule has 78 valence electrons. The first-order valence-corrected chi connectivity index (χ1v) is 4.19. The van der Waals surface area contributed by atoms with Gasteiger partial charge in [-0.3, -0.25) is 0 Å². The Bertz CT molecular complexity index is 334. The summed E-state index contributed by atoms with van der Waals surface area (Å²) >= 11 is 0. The van der Waals surface area contributed by atoms with Gasteiger partial charge in [0.1, 0.15) is 11.9 Å². The van der Waals surface area contributed by atoms with Gasteiger partial charge in [-0.1, -0.05) is 12.1 Å². The van der Waals surface area contributed by atoms with Gasteiger partial charge in [-0.2, -0.15) is 8.78 Å². The highest BCUT2D eigenvalue weighted by atomic mass is 19.3. The van der Waals surface area contributed by atoms with E-state index < -0.39 is 23.4 Å². The lowest BCUT2D eigenvalue weighted by Crippen LogP contribution is -2.29. The van der Waals surface area contributed by atoms with E-state index >= 15 is 0 Å². The molecule has 0 heterocycles. The monoisotopic (exact) mass is 204 g/mol. The molecule has 14 heavy (non-hydrogen) atoms. The van der Waals surface area contributed by atoms with E-state index in [4.69, 9.17) is 5.11 Å². The van der Waals surface area contributed by atoms with Crippen LogP contribution in [-0.2, 0) is 5.92 Å². The van der Waals surface area contributed by atoms with E-state index in [1.165, 1.54) is 19.1 Å². The lowest BCUT2D eigenvalue weighted by Gasteiger charge is -2.20. The van der Waals surface area contributed by atoms with Gasteiger partial charge in [0, 0.05) is 0 Å². The normalized spacial score (nSPS) is 14.1. The standard InChI is InChI=1S/C10H11F3O/c1-6-4-3-5-8(9(6)11)10(12,13)7(2)14/h3-5,7,14H,1-2H3. The molecule has 0 bridgehead atoms. The van der Waals surface area contributed by atoms with Gasteiger partial charge in [0.05, 0.1) is 5.56 Å². The van der Waals surface area contributed by atoms with Crippen molar-refractivity contribution < 1.29 is 18.3 Å². The third kappa shape index (κ3) is 1.75. The Kier molecular flexibility index (Phi) is 2.85. The van der Waals surface area contributed by atoms with Crippen molar-refractivity contribution in [3.05, 3.63) is 35.1 Å². The van der Waals surface area contributed by atoms with E-state index in [1.54, 1.807) is 0 Å². The second kappa shape index (κ2) is 3.61. The highest BCUT2D eigenvalue weighted by Crippen LogP contribution is 2.34. The van der Waals surface area contributed by atoms with Crippen LogP contribution >= 0.6 is 0 Å². The predicted octanol–water partition coefficient (Wildman–Crippen LogP) is 2.61. The molecule has 0 aliphatic carbocycles. The molecule has 1 aromatic carbocycles. The highest BCUT2D eigenvalue weighted by Gasteiger charge is 2.40. The van der Waals surface area contributed by atoms with Gasteiger partial charge in [-0.05, 0) is 25.5 Å². The first-order valence-electron chi connectivity index (χ1n) is 4.19. The molecule has 1 aromatic rings. The summed E-state index contributed by atoms with van der Waals surface area (Å²) in [4.78, 5) is 0. The van der Waals surface area contributed by atoms with Gasteiger partial charge >= 0.3 is 5.92 Å². The van der Waals surface area contributed by atoms with E-state index in [0.29, 0.717) is 0 Å². The highest BCUT2D eigenvalue weighted by molar-refractivity contribution is 5.29. The van der Waals surface area contributed by atoms with Crippen molar-refractivity contribution in [1.82, 2.24) is 0 Å². The Labute approximate surface area is 80.2 Å². The fourth-order valence-corrected chi connectivity index (χ4v) is 1.13. The SMILES string of the molecule is Cc1cccc(C(F)(F)C(C)O)c1F. The summed E-state index contributed by atoms with van der Waals surface area (Å²) in [7, 11) is 0. The minimum atomic E-state index is -3.55. The topological polar surface area (TPSA) is 20.2 Å². The van der Waals surface area contributed by atoms with E-state index in [-0.39, 0.29) is 5.56 Å². The molecule has 1 unspecified atom stereocenters. The number of halogens is 3. The van der Waals surface area contributed by atoms with Crippen molar-refractivity contribution in [2.45, 2.75) is 25.9 Å². The zero-order valence-corrected chi connectivity index (χ0v) is 7.89. The van der Waals surface area contributed by atoms with Crippen LogP contribution < -0.4 is 0 Å². The maximum atomic E-state index is 13.3. The quantitative estimate of drug-likeness (QED) is 0.785. The number of hydrogen-bond acceptors (Lipinski definition) is 1. The Morgan fingerprint density at radius 1 is 1.36 bits per heavy atom. The molecule has 1 atom stereocenters. The van der Waals surface area contributed by atoms with Gasteiger partial charge in [0.15, 0.2) is 0 Å². The second-order valence-corrected chi connectivity index (χ2v) is 3.24. The first kappa shape index (κ1) is 11.0. The number of aliphatic hydroxyl groups excluding tert-OH is 1. The van der Waals surface area contributed by atoms with Crippen molar-refractivity contribution in [3.63, 3.8) is 0 Å². The van der Waals surface area contributed by atoms with Gasteiger partial charge < -0.3 is 5.11 Å². The molecule has 1 nitrogen and oxygen atoms in total. The van der Waals surface area contributed by atoms with E-state index in [2.05, 4.69) is 0 Å². The smallest absolute Gasteiger partial charge is 0.301 e. The van der Waals surface area contributed by atoms with Crippen molar-refractivity contribution in [3.8, 4) is 0 Å². The number of alkyl halides is 2. The fourth-order valence-electron chi connectivity index (χ4n) is 1.13. The summed E-state index contributed by atoms with van der Waals surface area (Å²) in [6.45, 7) is 2.33. The molecule has 4 heteroatoms. The molecule has 0 aromatic heterocycles. The summed E-state index contributed by atoms with van der Waals surface area (Å²) < 4.78 is 39.7.